The summed E-state index contributed by atoms with van der Waals surface area (Å²) in [5, 5.41) is 7.04. The largest absolute Gasteiger partial charge is 0.381 e. The maximum Gasteiger partial charge on any atom is 0.191 e. The maximum atomic E-state index is 11.6. The molecule has 0 spiro atoms. The van der Waals surface area contributed by atoms with Crippen LogP contribution in [0.25, 0.3) is 0 Å². The summed E-state index contributed by atoms with van der Waals surface area (Å²) in [4.78, 5) is 4.72. The lowest BCUT2D eigenvalue weighted by atomic mass is 9.96. The second-order valence-corrected chi connectivity index (χ2v) is 9.78. The van der Waals surface area contributed by atoms with Crippen LogP contribution >= 0.6 is 24.0 Å². The van der Waals surface area contributed by atoms with Crippen LogP contribution in [0.5, 0.6) is 0 Å². The molecule has 8 heteroatoms. The Kier molecular flexibility index (Phi) is 8.74. The number of sulfone groups is 1. The highest BCUT2D eigenvalue weighted by molar-refractivity contribution is 14.0. The van der Waals surface area contributed by atoms with E-state index in [1.807, 2.05) is 0 Å². The van der Waals surface area contributed by atoms with Crippen molar-refractivity contribution < 1.29 is 13.2 Å². The zero-order valence-electron chi connectivity index (χ0n) is 14.9. The van der Waals surface area contributed by atoms with Gasteiger partial charge < -0.3 is 15.4 Å². The Labute approximate surface area is 168 Å². The molecule has 2 unspecified atom stereocenters. The quantitative estimate of drug-likeness (QED) is 0.354. The van der Waals surface area contributed by atoms with Crippen LogP contribution in [0.1, 0.15) is 44.9 Å². The van der Waals surface area contributed by atoms with Crippen LogP contribution in [0, 0.1) is 11.8 Å². The summed E-state index contributed by atoms with van der Waals surface area (Å²) in [5.41, 5.74) is 0. The average molecular weight is 485 g/mol. The van der Waals surface area contributed by atoms with Crippen LogP contribution in [0.3, 0.4) is 0 Å². The highest BCUT2D eigenvalue weighted by atomic mass is 127. The Bertz CT molecular complexity index is 529. The second kappa shape index (κ2) is 10.3. The van der Waals surface area contributed by atoms with Crippen molar-refractivity contribution in [2.75, 3.05) is 37.8 Å². The first-order valence-electron chi connectivity index (χ1n) is 9.44. The molecule has 3 aliphatic rings. The Hall–Kier alpha value is -0.0900. The van der Waals surface area contributed by atoms with Crippen molar-refractivity contribution in [2.24, 2.45) is 16.8 Å². The van der Waals surface area contributed by atoms with Gasteiger partial charge in [-0.15, -0.1) is 24.0 Å². The summed E-state index contributed by atoms with van der Waals surface area (Å²) < 4.78 is 28.7. The van der Waals surface area contributed by atoms with Gasteiger partial charge in [-0.05, 0) is 31.6 Å². The van der Waals surface area contributed by atoms with Gasteiger partial charge in [0.15, 0.2) is 15.8 Å². The molecule has 0 amide bonds. The average Bonchev–Trinajstić information content (AvgIpc) is 3.20. The van der Waals surface area contributed by atoms with Gasteiger partial charge in [-0.3, -0.25) is 4.99 Å². The molecule has 25 heavy (non-hydrogen) atoms. The first-order valence-corrected chi connectivity index (χ1v) is 11.3. The number of hydrogen-bond donors (Lipinski definition) is 2. The fraction of sp³-hybridized carbons (Fsp3) is 0.941. The third-order valence-electron chi connectivity index (χ3n) is 5.36. The molecule has 2 aliphatic heterocycles. The number of guanidine groups is 1. The molecule has 2 atom stereocenters. The Morgan fingerprint density at radius 3 is 2.52 bits per heavy atom. The summed E-state index contributed by atoms with van der Waals surface area (Å²) >= 11 is 0. The molecule has 6 nitrogen and oxygen atoms in total. The molecule has 0 aromatic heterocycles. The van der Waals surface area contributed by atoms with E-state index < -0.39 is 9.84 Å². The smallest absolute Gasteiger partial charge is 0.191 e. The van der Waals surface area contributed by atoms with E-state index in [9.17, 15) is 8.42 Å². The van der Waals surface area contributed by atoms with Gasteiger partial charge in [-0.25, -0.2) is 8.42 Å². The van der Waals surface area contributed by atoms with E-state index >= 15 is 0 Å². The van der Waals surface area contributed by atoms with Crippen molar-refractivity contribution >= 4 is 39.8 Å². The predicted octanol–water partition coefficient (Wildman–Crippen LogP) is 1.94. The summed E-state index contributed by atoms with van der Waals surface area (Å²) in [5.74, 6) is 2.21. The van der Waals surface area contributed by atoms with Crippen LogP contribution in [0.15, 0.2) is 4.99 Å². The lowest BCUT2D eigenvalue weighted by Gasteiger charge is -2.25. The molecule has 0 radical (unpaired) electrons. The Morgan fingerprint density at radius 2 is 1.88 bits per heavy atom. The van der Waals surface area contributed by atoms with E-state index in [2.05, 4.69) is 10.6 Å². The highest BCUT2D eigenvalue weighted by Gasteiger charge is 2.27. The van der Waals surface area contributed by atoms with Crippen LogP contribution in [0.2, 0.25) is 0 Å². The minimum Gasteiger partial charge on any atom is -0.381 e. The number of nitrogens with zero attached hydrogens (tertiary/aromatic N) is 1. The van der Waals surface area contributed by atoms with Gasteiger partial charge in [0.25, 0.3) is 0 Å². The van der Waals surface area contributed by atoms with E-state index in [1.54, 1.807) is 0 Å². The van der Waals surface area contributed by atoms with E-state index in [0.717, 1.165) is 38.6 Å². The van der Waals surface area contributed by atoms with Crippen LogP contribution in [-0.4, -0.2) is 58.2 Å². The Morgan fingerprint density at radius 1 is 1.08 bits per heavy atom. The zero-order chi connectivity index (χ0) is 16.8. The van der Waals surface area contributed by atoms with Crippen LogP contribution in [-0.2, 0) is 14.6 Å². The van der Waals surface area contributed by atoms with Gasteiger partial charge in [0.2, 0.25) is 0 Å². The van der Waals surface area contributed by atoms with Gasteiger partial charge >= 0.3 is 0 Å². The van der Waals surface area contributed by atoms with Gasteiger partial charge in [0.05, 0.1) is 18.1 Å². The summed E-state index contributed by atoms with van der Waals surface area (Å²) in [6, 6.07) is 0.497. The third-order valence-corrected chi connectivity index (χ3v) is 7.20. The van der Waals surface area contributed by atoms with Crippen molar-refractivity contribution in [3.8, 4) is 0 Å². The number of hydrogen-bond acceptors (Lipinski definition) is 4. The number of ether oxygens (including phenoxy) is 1. The molecule has 2 heterocycles. The fourth-order valence-corrected chi connectivity index (χ4v) is 5.66. The summed E-state index contributed by atoms with van der Waals surface area (Å²) in [7, 11) is -2.82. The second-order valence-electron chi connectivity index (χ2n) is 7.55. The van der Waals surface area contributed by atoms with Crippen LogP contribution in [0.4, 0.5) is 0 Å². The minimum atomic E-state index is -2.82. The molecule has 1 saturated carbocycles. The van der Waals surface area contributed by atoms with Crippen LogP contribution < -0.4 is 10.6 Å². The maximum absolute atomic E-state index is 11.6. The fourth-order valence-electron chi connectivity index (χ4n) is 3.81. The van der Waals surface area contributed by atoms with E-state index in [0.29, 0.717) is 30.0 Å². The standard InChI is InChI=1S/C17H31N3O3S.HI/c21-24(22)9-7-15(13-24)11-19-17(18-10-14-6-8-23-12-14)20-16-4-2-1-3-5-16;/h14-16H,1-13H2,(H2,18,19,20);1H. The molecule has 0 aromatic carbocycles. The van der Waals surface area contributed by atoms with Crippen molar-refractivity contribution in [2.45, 2.75) is 51.0 Å². The van der Waals surface area contributed by atoms with Gasteiger partial charge in [0, 0.05) is 31.7 Å². The molecule has 0 bridgehead atoms. The SMILES string of the molecule is I.O=S1(=O)CCC(CN=C(NCC2CCOC2)NC2CCCCC2)C1. The molecular formula is C17H32IN3O3S. The predicted molar refractivity (Wildman–Crippen MR) is 111 cm³/mol. The summed E-state index contributed by atoms with van der Waals surface area (Å²) in [6.07, 6.45) is 8.14. The highest BCUT2D eigenvalue weighted by Crippen LogP contribution is 2.19. The van der Waals surface area contributed by atoms with Crippen molar-refractivity contribution in [1.82, 2.24) is 10.6 Å². The molecule has 3 rings (SSSR count). The first-order chi connectivity index (χ1) is 11.6. The summed E-state index contributed by atoms with van der Waals surface area (Å²) in [6.45, 7) is 3.16. The number of halogens is 1. The lowest BCUT2D eigenvalue weighted by molar-refractivity contribution is 0.186. The molecule has 146 valence electrons. The van der Waals surface area contributed by atoms with E-state index in [1.165, 1.54) is 32.1 Å². The van der Waals surface area contributed by atoms with Gasteiger partial charge in [0.1, 0.15) is 0 Å². The first kappa shape index (κ1) is 21.2. The van der Waals surface area contributed by atoms with E-state index in [4.69, 9.17) is 9.73 Å². The number of rotatable bonds is 5. The van der Waals surface area contributed by atoms with Crippen molar-refractivity contribution in [3.63, 3.8) is 0 Å². The van der Waals surface area contributed by atoms with Crippen molar-refractivity contribution in [3.05, 3.63) is 0 Å². The van der Waals surface area contributed by atoms with Gasteiger partial charge in [-0.2, -0.15) is 0 Å². The van der Waals surface area contributed by atoms with Crippen molar-refractivity contribution in [1.29, 1.82) is 0 Å². The Balaban J connectivity index is 0.00000225. The molecule has 3 fully saturated rings. The van der Waals surface area contributed by atoms with Gasteiger partial charge in [-0.1, -0.05) is 19.3 Å². The third kappa shape index (κ3) is 7.21. The number of aliphatic imine (C=N–C) groups is 1. The number of nitrogens with one attached hydrogen (secondary N) is 2. The van der Waals surface area contributed by atoms with E-state index in [-0.39, 0.29) is 29.9 Å². The molecule has 0 aromatic rings. The molecule has 2 N–H and O–H groups in total. The minimum absolute atomic E-state index is 0. The normalized spacial score (nSPS) is 30.0. The molecular weight excluding hydrogens is 453 g/mol. The monoisotopic (exact) mass is 485 g/mol. The molecule has 2 saturated heterocycles. The lowest BCUT2D eigenvalue weighted by Crippen LogP contribution is -2.46. The topological polar surface area (TPSA) is 79.8 Å². The zero-order valence-corrected chi connectivity index (χ0v) is 18.1. The molecule has 1 aliphatic carbocycles.